The molecule has 0 radical (unpaired) electrons. The summed E-state index contributed by atoms with van der Waals surface area (Å²) < 4.78 is 22.8. The molecule has 2 aromatic carbocycles. The predicted molar refractivity (Wildman–Crippen MR) is 70.5 cm³/mol. The molecule has 0 bridgehead atoms. The summed E-state index contributed by atoms with van der Waals surface area (Å²) in [5.74, 6) is 0. The number of rotatable bonds is 2. The molecule has 0 saturated carbocycles. The van der Waals surface area contributed by atoms with Gasteiger partial charge in [-0.1, -0.05) is 48.5 Å². The molecule has 0 saturated heterocycles. The molecule has 0 heterocycles. The third-order valence-electron chi connectivity index (χ3n) is 2.28. The van der Waals surface area contributed by atoms with Crippen LogP contribution in [0.5, 0.6) is 0 Å². The van der Waals surface area contributed by atoms with Crippen molar-refractivity contribution in [3.05, 3.63) is 54.6 Å². The van der Waals surface area contributed by atoms with E-state index in [0.29, 0.717) is 5.56 Å². The van der Waals surface area contributed by atoms with E-state index in [0.717, 1.165) is 5.56 Å². The Hall–Kier alpha value is -1.36. The number of sulfonamides is 1. The van der Waals surface area contributed by atoms with Crippen LogP contribution in [0.3, 0.4) is 0 Å². The molecule has 0 atom stereocenters. The fraction of sp³-hybridized carbons (Fsp3) is 0. The summed E-state index contributed by atoms with van der Waals surface area (Å²) in [5.41, 5.74) is 1.47. The first-order valence-electron chi connectivity index (χ1n) is 4.76. The van der Waals surface area contributed by atoms with Crippen LogP contribution in [0, 0.1) is 0 Å². The lowest BCUT2D eigenvalue weighted by Gasteiger charge is -2.07. The molecule has 0 unspecified atom stereocenters. The summed E-state index contributed by atoms with van der Waals surface area (Å²) in [4.78, 5) is 0.154. The molecule has 2 rings (SSSR count). The highest BCUT2D eigenvalue weighted by molar-refractivity contribution is 7.89. The smallest absolute Gasteiger partial charge is 0.225 e. The third kappa shape index (κ3) is 3.06. The number of halogens is 1. The van der Waals surface area contributed by atoms with Crippen molar-refractivity contribution in [1.82, 2.24) is 0 Å². The third-order valence-corrected chi connectivity index (χ3v) is 3.25. The maximum Gasteiger partial charge on any atom is 0.238 e. The van der Waals surface area contributed by atoms with Gasteiger partial charge in [0, 0.05) is 5.56 Å². The first-order chi connectivity index (χ1) is 7.59. The van der Waals surface area contributed by atoms with E-state index < -0.39 is 10.0 Å². The van der Waals surface area contributed by atoms with Crippen LogP contribution in [0.25, 0.3) is 11.1 Å². The van der Waals surface area contributed by atoms with Gasteiger partial charge in [-0.25, -0.2) is 13.6 Å². The number of nitrogens with two attached hydrogens (primary N) is 1. The highest BCUT2D eigenvalue weighted by atomic mass is 35.5. The van der Waals surface area contributed by atoms with E-state index in [2.05, 4.69) is 0 Å². The lowest BCUT2D eigenvalue weighted by Crippen LogP contribution is -2.13. The van der Waals surface area contributed by atoms with Crippen molar-refractivity contribution in [2.24, 2.45) is 5.14 Å². The summed E-state index contributed by atoms with van der Waals surface area (Å²) in [6, 6.07) is 16.0. The number of primary sulfonamides is 1. The van der Waals surface area contributed by atoms with Gasteiger partial charge >= 0.3 is 0 Å². The Balaban J connectivity index is 0.00000144. The average Bonchev–Trinajstić information content (AvgIpc) is 2.29. The topological polar surface area (TPSA) is 60.2 Å². The Morgan fingerprint density at radius 1 is 0.824 bits per heavy atom. The summed E-state index contributed by atoms with van der Waals surface area (Å²) in [5, 5.41) is 5.17. The quantitative estimate of drug-likeness (QED) is 0.910. The Labute approximate surface area is 107 Å². The van der Waals surface area contributed by atoms with E-state index in [4.69, 9.17) is 5.14 Å². The van der Waals surface area contributed by atoms with E-state index in [-0.39, 0.29) is 17.3 Å². The van der Waals surface area contributed by atoms with Crippen LogP contribution in [0.1, 0.15) is 0 Å². The standard InChI is InChI=1S/C12H11NO2S.ClH/c13-16(14,15)12-9-5-4-8-11(12)10-6-2-1-3-7-10;/h1-9H,(H2,13,14,15);1H. The molecule has 2 aromatic rings. The second-order valence-electron chi connectivity index (χ2n) is 3.41. The molecule has 90 valence electrons. The van der Waals surface area contributed by atoms with E-state index in [9.17, 15) is 8.42 Å². The molecular weight excluding hydrogens is 258 g/mol. The van der Waals surface area contributed by atoms with Crippen LogP contribution >= 0.6 is 12.4 Å². The molecule has 17 heavy (non-hydrogen) atoms. The van der Waals surface area contributed by atoms with Crippen LogP contribution in [0.2, 0.25) is 0 Å². The fourth-order valence-electron chi connectivity index (χ4n) is 1.57. The van der Waals surface area contributed by atoms with Crippen LogP contribution in [-0.2, 0) is 10.0 Å². The molecule has 0 amide bonds. The molecule has 2 N–H and O–H groups in total. The zero-order chi connectivity index (χ0) is 11.6. The number of hydrogen-bond donors (Lipinski definition) is 1. The molecule has 0 aliphatic heterocycles. The summed E-state index contributed by atoms with van der Waals surface area (Å²) >= 11 is 0. The second-order valence-corrected chi connectivity index (χ2v) is 4.94. The van der Waals surface area contributed by atoms with Crippen molar-refractivity contribution in [2.45, 2.75) is 4.90 Å². The second kappa shape index (κ2) is 5.31. The molecular formula is C12H12ClNO2S. The molecule has 5 heteroatoms. The SMILES string of the molecule is Cl.NS(=O)(=O)c1ccccc1-c1ccccc1. The van der Waals surface area contributed by atoms with Gasteiger partial charge in [-0.15, -0.1) is 12.4 Å². The van der Waals surface area contributed by atoms with Crippen molar-refractivity contribution in [2.75, 3.05) is 0 Å². The minimum absolute atomic E-state index is 0. The fourth-order valence-corrected chi connectivity index (χ4v) is 2.33. The van der Waals surface area contributed by atoms with E-state index in [1.165, 1.54) is 6.07 Å². The molecule has 0 spiro atoms. The minimum Gasteiger partial charge on any atom is -0.225 e. The predicted octanol–water partition coefficient (Wildman–Crippen LogP) is 2.42. The summed E-state index contributed by atoms with van der Waals surface area (Å²) in [6.07, 6.45) is 0. The monoisotopic (exact) mass is 269 g/mol. The lowest BCUT2D eigenvalue weighted by atomic mass is 10.1. The van der Waals surface area contributed by atoms with Gasteiger partial charge in [-0.2, -0.15) is 0 Å². The Kier molecular flexibility index (Phi) is 4.28. The van der Waals surface area contributed by atoms with Gasteiger partial charge in [0.25, 0.3) is 0 Å². The average molecular weight is 270 g/mol. The van der Waals surface area contributed by atoms with Crippen LogP contribution in [0.4, 0.5) is 0 Å². The maximum atomic E-state index is 11.4. The van der Waals surface area contributed by atoms with E-state index >= 15 is 0 Å². The largest absolute Gasteiger partial charge is 0.238 e. The van der Waals surface area contributed by atoms with Gasteiger partial charge in [0.05, 0.1) is 4.90 Å². The lowest BCUT2D eigenvalue weighted by molar-refractivity contribution is 0.598. The molecule has 0 aromatic heterocycles. The Morgan fingerprint density at radius 2 is 1.35 bits per heavy atom. The van der Waals surface area contributed by atoms with Crippen molar-refractivity contribution in [3.63, 3.8) is 0 Å². The van der Waals surface area contributed by atoms with Crippen molar-refractivity contribution in [3.8, 4) is 11.1 Å². The van der Waals surface area contributed by atoms with Gasteiger partial charge in [0.2, 0.25) is 10.0 Å². The zero-order valence-electron chi connectivity index (χ0n) is 8.91. The normalized spacial score (nSPS) is 10.6. The van der Waals surface area contributed by atoms with E-state index in [1.807, 2.05) is 30.3 Å². The zero-order valence-corrected chi connectivity index (χ0v) is 10.5. The highest BCUT2D eigenvalue weighted by Gasteiger charge is 2.13. The molecule has 3 nitrogen and oxygen atoms in total. The number of hydrogen-bond acceptors (Lipinski definition) is 2. The van der Waals surface area contributed by atoms with Crippen LogP contribution < -0.4 is 5.14 Å². The molecule has 0 fully saturated rings. The summed E-state index contributed by atoms with van der Waals surface area (Å²) in [6.45, 7) is 0. The Bertz CT molecular complexity index is 597. The van der Waals surface area contributed by atoms with Crippen molar-refractivity contribution in [1.29, 1.82) is 0 Å². The van der Waals surface area contributed by atoms with Crippen molar-refractivity contribution < 1.29 is 8.42 Å². The van der Waals surface area contributed by atoms with Crippen molar-refractivity contribution >= 4 is 22.4 Å². The summed E-state index contributed by atoms with van der Waals surface area (Å²) in [7, 11) is -3.68. The maximum absolute atomic E-state index is 11.4. The number of benzene rings is 2. The van der Waals surface area contributed by atoms with Gasteiger partial charge in [-0.05, 0) is 11.6 Å². The van der Waals surface area contributed by atoms with Crippen LogP contribution in [-0.4, -0.2) is 8.42 Å². The first kappa shape index (κ1) is 13.7. The van der Waals surface area contributed by atoms with Gasteiger partial charge in [0.15, 0.2) is 0 Å². The van der Waals surface area contributed by atoms with Gasteiger partial charge in [-0.3, -0.25) is 0 Å². The van der Waals surface area contributed by atoms with Crippen LogP contribution in [0.15, 0.2) is 59.5 Å². The highest BCUT2D eigenvalue weighted by Crippen LogP contribution is 2.25. The molecule has 0 aliphatic carbocycles. The minimum atomic E-state index is -3.68. The Morgan fingerprint density at radius 3 is 1.94 bits per heavy atom. The van der Waals surface area contributed by atoms with Gasteiger partial charge < -0.3 is 0 Å². The first-order valence-corrected chi connectivity index (χ1v) is 6.31. The van der Waals surface area contributed by atoms with E-state index in [1.54, 1.807) is 18.2 Å². The van der Waals surface area contributed by atoms with Gasteiger partial charge in [0.1, 0.15) is 0 Å². The molecule has 0 aliphatic rings.